The first-order valence-electron chi connectivity index (χ1n) is 4.45. The molecule has 1 aromatic rings. The Morgan fingerprint density at radius 2 is 1.71 bits per heavy atom. The Kier molecular flexibility index (Phi) is 3.06. The highest BCUT2D eigenvalue weighted by Crippen LogP contribution is 2.54. The maximum Gasteiger partial charge on any atom is 0.121 e. The number of hydrogen-bond donors (Lipinski definition) is 0. The van der Waals surface area contributed by atoms with Crippen molar-refractivity contribution in [3.63, 3.8) is 0 Å². The lowest BCUT2D eigenvalue weighted by atomic mass is 10.1. The van der Waals surface area contributed by atoms with E-state index in [-0.39, 0.29) is 4.49 Å². The average Bonchev–Trinajstić information content (AvgIpc) is 2.97. The Morgan fingerprint density at radius 1 is 1.07 bits per heavy atom. The smallest absolute Gasteiger partial charge is 0.0862 e. The van der Waals surface area contributed by atoms with Crippen LogP contribution in [-0.2, 0) is 0 Å². The van der Waals surface area contributed by atoms with Crippen molar-refractivity contribution >= 4 is 34.8 Å². The van der Waals surface area contributed by atoms with Gasteiger partial charge in [-0.2, -0.15) is 0 Å². The van der Waals surface area contributed by atoms with E-state index in [4.69, 9.17) is 34.8 Å². The zero-order valence-corrected chi connectivity index (χ0v) is 9.65. The third-order valence-electron chi connectivity index (χ3n) is 2.52. The predicted octanol–water partition coefficient (Wildman–Crippen LogP) is 4.68. The van der Waals surface area contributed by atoms with Crippen molar-refractivity contribution in [2.75, 3.05) is 0 Å². The van der Waals surface area contributed by atoms with E-state index in [0.29, 0.717) is 16.9 Å². The monoisotopic (exact) mass is 246 g/mol. The molecule has 3 heteroatoms. The second-order valence-corrected chi connectivity index (χ2v) is 4.82. The van der Waals surface area contributed by atoms with Gasteiger partial charge in [-0.05, 0) is 17.9 Å². The molecule has 0 bridgehead atoms. The maximum absolute atomic E-state index is 5.97. The van der Waals surface area contributed by atoms with Crippen LogP contribution >= 0.6 is 34.8 Å². The highest BCUT2D eigenvalue weighted by molar-refractivity contribution is 6.59. The molecule has 2 rings (SSSR count). The molecule has 1 aliphatic rings. The van der Waals surface area contributed by atoms with E-state index in [2.05, 4.69) is 12.1 Å². The summed E-state index contributed by atoms with van der Waals surface area (Å²) in [6.07, 6.45) is 1.05. The number of benzene rings is 1. The summed E-state index contributed by atoms with van der Waals surface area (Å²) in [6, 6.07) is 10.3. The van der Waals surface area contributed by atoms with Crippen molar-refractivity contribution in [1.82, 2.24) is 0 Å². The standard InChI is InChI=1S/C11H9Cl3/c12-10(11(13)14)9-6-8(9)7-4-2-1-3-5-7/h1-5,8-9H,6H2/t8-,9+/m1/s1. The van der Waals surface area contributed by atoms with E-state index in [0.717, 1.165) is 6.42 Å². The molecule has 0 unspecified atom stereocenters. The maximum atomic E-state index is 5.97. The van der Waals surface area contributed by atoms with E-state index in [1.165, 1.54) is 5.56 Å². The average molecular weight is 248 g/mol. The highest BCUT2D eigenvalue weighted by atomic mass is 35.5. The Morgan fingerprint density at radius 3 is 2.29 bits per heavy atom. The van der Waals surface area contributed by atoms with Crippen LogP contribution in [0.2, 0.25) is 0 Å². The molecule has 0 N–H and O–H groups in total. The predicted molar refractivity (Wildman–Crippen MR) is 61.9 cm³/mol. The second kappa shape index (κ2) is 4.14. The Labute approximate surface area is 98.5 Å². The summed E-state index contributed by atoms with van der Waals surface area (Å²) in [4.78, 5) is 0. The van der Waals surface area contributed by atoms with Crippen LogP contribution in [0, 0.1) is 5.92 Å². The van der Waals surface area contributed by atoms with Crippen LogP contribution in [0.1, 0.15) is 17.9 Å². The normalized spacial score (nSPS) is 24.5. The topological polar surface area (TPSA) is 0 Å². The van der Waals surface area contributed by atoms with Gasteiger partial charge in [0.25, 0.3) is 0 Å². The molecule has 1 aromatic carbocycles. The summed E-state index contributed by atoms with van der Waals surface area (Å²) < 4.78 is 0.204. The molecule has 14 heavy (non-hydrogen) atoms. The molecule has 0 radical (unpaired) electrons. The van der Waals surface area contributed by atoms with Gasteiger partial charge >= 0.3 is 0 Å². The molecule has 0 heterocycles. The quantitative estimate of drug-likeness (QED) is 0.712. The zero-order valence-electron chi connectivity index (χ0n) is 7.38. The number of allylic oxidation sites excluding steroid dienone is 1. The molecule has 0 spiro atoms. The van der Waals surface area contributed by atoms with Crippen LogP contribution < -0.4 is 0 Å². The lowest BCUT2D eigenvalue weighted by Crippen LogP contribution is -1.83. The van der Waals surface area contributed by atoms with Crippen molar-refractivity contribution in [3.8, 4) is 0 Å². The van der Waals surface area contributed by atoms with Gasteiger partial charge in [0.15, 0.2) is 0 Å². The summed E-state index contributed by atoms with van der Waals surface area (Å²) in [5, 5.41) is 0.599. The van der Waals surface area contributed by atoms with Crippen LogP contribution in [-0.4, -0.2) is 0 Å². The van der Waals surface area contributed by atoms with Gasteiger partial charge in [0.05, 0.1) is 5.03 Å². The van der Waals surface area contributed by atoms with E-state index < -0.39 is 0 Å². The molecule has 0 nitrogen and oxygen atoms in total. The minimum absolute atomic E-state index is 0.204. The highest BCUT2D eigenvalue weighted by Gasteiger charge is 2.41. The van der Waals surface area contributed by atoms with Crippen LogP contribution in [0.5, 0.6) is 0 Å². The van der Waals surface area contributed by atoms with E-state index in [9.17, 15) is 0 Å². The van der Waals surface area contributed by atoms with E-state index in [1.807, 2.05) is 18.2 Å². The van der Waals surface area contributed by atoms with Crippen molar-refractivity contribution < 1.29 is 0 Å². The summed E-state index contributed by atoms with van der Waals surface area (Å²) >= 11 is 17.2. The Bertz CT molecular complexity index is 352. The molecule has 0 aliphatic heterocycles. The third-order valence-corrected chi connectivity index (χ3v) is 3.59. The van der Waals surface area contributed by atoms with Crippen LogP contribution in [0.4, 0.5) is 0 Å². The lowest BCUT2D eigenvalue weighted by molar-refractivity contribution is 0.994. The fourth-order valence-electron chi connectivity index (χ4n) is 1.68. The van der Waals surface area contributed by atoms with Gasteiger partial charge < -0.3 is 0 Å². The molecule has 1 saturated carbocycles. The lowest BCUT2D eigenvalue weighted by Gasteiger charge is -1.99. The largest absolute Gasteiger partial charge is 0.121 e. The minimum atomic E-state index is 0.204. The fraction of sp³-hybridized carbons (Fsp3) is 0.273. The fourth-order valence-corrected chi connectivity index (χ4v) is 2.21. The van der Waals surface area contributed by atoms with Gasteiger partial charge in [-0.25, -0.2) is 0 Å². The van der Waals surface area contributed by atoms with Gasteiger partial charge in [0, 0.05) is 5.92 Å². The van der Waals surface area contributed by atoms with Gasteiger partial charge in [-0.3, -0.25) is 0 Å². The first-order valence-corrected chi connectivity index (χ1v) is 5.59. The number of rotatable bonds is 2. The van der Waals surface area contributed by atoms with Crippen molar-refractivity contribution in [2.24, 2.45) is 5.92 Å². The third kappa shape index (κ3) is 2.08. The molecule has 0 saturated heterocycles. The number of halogens is 3. The van der Waals surface area contributed by atoms with Crippen LogP contribution in [0.3, 0.4) is 0 Å². The van der Waals surface area contributed by atoms with Crippen molar-refractivity contribution in [3.05, 3.63) is 45.4 Å². The molecule has 1 aliphatic carbocycles. The van der Waals surface area contributed by atoms with Crippen LogP contribution in [0.15, 0.2) is 39.9 Å². The summed E-state index contributed by atoms with van der Waals surface area (Å²) in [7, 11) is 0. The molecule has 1 fully saturated rings. The molecular formula is C11H9Cl3. The second-order valence-electron chi connectivity index (χ2n) is 3.47. The first-order chi connectivity index (χ1) is 6.70. The van der Waals surface area contributed by atoms with Gasteiger partial charge in [-0.1, -0.05) is 65.1 Å². The first kappa shape index (κ1) is 10.4. The molecule has 74 valence electrons. The molecule has 2 atom stereocenters. The molecule has 0 aromatic heterocycles. The van der Waals surface area contributed by atoms with Gasteiger partial charge in [0.2, 0.25) is 0 Å². The SMILES string of the molecule is ClC(Cl)=C(Cl)[C@H]1C[C@@H]1c1ccccc1. The van der Waals surface area contributed by atoms with Gasteiger partial charge in [-0.15, -0.1) is 0 Å². The summed E-state index contributed by atoms with van der Waals surface area (Å²) in [6.45, 7) is 0. The molecule has 0 amide bonds. The minimum Gasteiger partial charge on any atom is -0.0862 e. The Hall–Kier alpha value is -0.170. The molecular weight excluding hydrogens is 238 g/mol. The van der Waals surface area contributed by atoms with Crippen LogP contribution in [0.25, 0.3) is 0 Å². The summed E-state index contributed by atoms with van der Waals surface area (Å²) in [5.74, 6) is 0.820. The van der Waals surface area contributed by atoms with Crippen molar-refractivity contribution in [2.45, 2.75) is 12.3 Å². The number of hydrogen-bond acceptors (Lipinski definition) is 0. The zero-order chi connectivity index (χ0) is 10.1. The van der Waals surface area contributed by atoms with Crippen molar-refractivity contribution in [1.29, 1.82) is 0 Å². The Balaban J connectivity index is 2.11. The van der Waals surface area contributed by atoms with E-state index in [1.54, 1.807) is 0 Å². The van der Waals surface area contributed by atoms with E-state index >= 15 is 0 Å². The summed E-state index contributed by atoms with van der Waals surface area (Å²) in [5.41, 5.74) is 1.31. The van der Waals surface area contributed by atoms with Gasteiger partial charge in [0.1, 0.15) is 4.49 Å².